The van der Waals surface area contributed by atoms with Crippen LogP contribution in [0.15, 0.2) is 150 Å². The number of furan rings is 1. The molecule has 0 bridgehead atoms. The number of aromatic nitrogens is 2. The fraction of sp³-hybridized carbons (Fsp3) is 0. The summed E-state index contributed by atoms with van der Waals surface area (Å²) in [5, 5.41) is 6.98. The minimum absolute atomic E-state index is 0.804. The molecule has 0 aliphatic rings. The van der Waals surface area contributed by atoms with Crippen LogP contribution in [0, 0.1) is 0 Å². The van der Waals surface area contributed by atoms with Crippen molar-refractivity contribution in [2.45, 2.75) is 0 Å². The summed E-state index contributed by atoms with van der Waals surface area (Å²) >= 11 is 0. The van der Waals surface area contributed by atoms with Crippen LogP contribution in [0.3, 0.4) is 0 Å². The number of hydrogen-bond donors (Lipinski definition) is 0. The molecule has 2 aromatic heterocycles. The van der Waals surface area contributed by atoms with Crippen molar-refractivity contribution in [1.82, 2.24) is 9.78 Å². The summed E-state index contributed by atoms with van der Waals surface area (Å²) in [6, 6.07) is 48.0. The maximum Gasteiger partial charge on any atom is 0.161 e. The van der Waals surface area contributed by atoms with Crippen molar-refractivity contribution in [2.24, 2.45) is 0 Å². The number of hydrogen-bond acceptors (Lipinski definition) is 2. The molecule has 0 fully saturated rings. The molecule has 2 heterocycles. The van der Waals surface area contributed by atoms with Gasteiger partial charge in [-0.15, -0.1) is 0 Å². The molecule has 180 valence electrons. The average Bonchev–Trinajstić information content (AvgIpc) is 3.61. The summed E-state index contributed by atoms with van der Waals surface area (Å²) in [5.41, 5.74) is 7.39. The Kier molecular flexibility index (Phi) is 5.45. The molecular weight excluding hydrogens is 464 g/mol. The summed E-state index contributed by atoms with van der Waals surface area (Å²) in [7, 11) is 0. The second-order valence-electron chi connectivity index (χ2n) is 9.24. The summed E-state index contributed by atoms with van der Waals surface area (Å²) in [6.07, 6.45) is 1.94. The molecule has 0 saturated heterocycles. The highest BCUT2D eigenvalue weighted by Crippen LogP contribution is 2.45. The van der Waals surface area contributed by atoms with E-state index in [9.17, 15) is 0 Å². The van der Waals surface area contributed by atoms with Crippen LogP contribution >= 0.6 is 0 Å². The van der Waals surface area contributed by atoms with E-state index in [2.05, 4.69) is 109 Å². The van der Waals surface area contributed by atoms with Crippen molar-refractivity contribution in [1.29, 1.82) is 0 Å². The minimum Gasteiger partial charge on any atom is -0.453 e. The van der Waals surface area contributed by atoms with Gasteiger partial charge >= 0.3 is 0 Å². The van der Waals surface area contributed by atoms with E-state index in [1.54, 1.807) is 0 Å². The first-order valence-corrected chi connectivity index (χ1v) is 12.7. The molecule has 5 aromatic carbocycles. The smallest absolute Gasteiger partial charge is 0.161 e. The molecule has 0 saturated carbocycles. The molecule has 7 rings (SSSR count). The van der Waals surface area contributed by atoms with Crippen LogP contribution < -0.4 is 0 Å². The largest absolute Gasteiger partial charge is 0.453 e. The molecule has 0 N–H and O–H groups in total. The minimum atomic E-state index is 0.804. The van der Waals surface area contributed by atoms with Crippen LogP contribution in [0.5, 0.6) is 0 Å². The maximum atomic E-state index is 6.92. The summed E-state index contributed by atoms with van der Waals surface area (Å²) in [6.45, 7) is 0. The van der Waals surface area contributed by atoms with Gasteiger partial charge in [0.05, 0.1) is 11.9 Å². The van der Waals surface area contributed by atoms with Gasteiger partial charge in [-0.25, -0.2) is 4.68 Å². The van der Waals surface area contributed by atoms with Crippen LogP contribution in [0.25, 0.3) is 61.5 Å². The summed E-state index contributed by atoms with van der Waals surface area (Å²) < 4.78 is 8.91. The lowest BCUT2D eigenvalue weighted by Gasteiger charge is -2.10. The Labute approximate surface area is 221 Å². The lowest BCUT2D eigenvalue weighted by Crippen LogP contribution is -1.98. The van der Waals surface area contributed by atoms with Crippen LogP contribution in [-0.2, 0) is 0 Å². The van der Waals surface area contributed by atoms with E-state index in [0.717, 1.165) is 61.5 Å². The highest BCUT2D eigenvalue weighted by molar-refractivity contribution is 6.06. The molecule has 0 atom stereocenters. The molecule has 3 heteroatoms. The Morgan fingerprint density at radius 3 is 1.61 bits per heavy atom. The van der Waals surface area contributed by atoms with Gasteiger partial charge < -0.3 is 4.42 Å². The quantitative estimate of drug-likeness (QED) is 0.242. The molecule has 0 aliphatic heterocycles. The average molecular weight is 489 g/mol. The molecule has 0 spiro atoms. The number of nitrogens with zero attached hydrogens (tertiary/aromatic N) is 2. The first-order chi connectivity index (χ1) is 18.9. The van der Waals surface area contributed by atoms with E-state index >= 15 is 0 Å². The predicted octanol–water partition coefficient (Wildman–Crippen LogP) is 9.29. The fourth-order valence-electron chi connectivity index (χ4n) is 5.18. The van der Waals surface area contributed by atoms with Gasteiger partial charge in [0, 0.05) is 21.9 Å². The van der Waals surface area contributed by atoms with E-state index in [-0.39, 0.29) is 0 Å². The zero-order valence-corrected chi connectivity index (χ0v) is 20.7. The van der Waals surface area contributed by atoms with Crippen molar-refractivity contribution in [2.75, 3.05) is 0 Å². The Balaban J connectivity index is 1.53. The topological polar surface area (TPSA) is 31.0 Å². The summed E-state index contributed by atoms with van der Waals surface area (Å²) in [5.74, 6) is 1.66. The van der Waals surface area contributed by atoms with Crippen molar-refractivity contribution < 1.29 is 4.42 Å². The van der Waals surface area contributed by atoms with Gasteiger partial charge in [-0.3, -0.25) is 0 Å². The van der Waals surface area contributed by atoms with Gasteiger partial charge in [0.1, 0.15) is 11.5 Å². The third-order valence-corrected chi connectivity index (χ3v) is 6.95. The molecule has 0 aliphatic carbocycles. The number of benzene rings is 5. The molecule has 3 nitrogen and oxygen atoms in total. The first kappa shape index (κ1) is 22.1. The normalized spacial score (nSPS) is 11.2. The Morgan fingerprint density at radius 1 is 0.447 bits per heavy atom. The lowest BCUT2D eigenvalue weighted by molar-refractivity contribution is 0.596. The van der Waals surface area contributed by atoms with Gasteiger partial charge in [0.2, 0.25) is 0 Å². The van der Waals surface area contributed by atoms with Crippen LogP contribution in [0.4, 0.5) is 0 Å². The maximum absolute atomic E-state index is 6.92. The van der Waals surface area contributed by atoms with Crippen LogP contribution in [0.2, 0.25) is 0 Å². The molecule has 7 aromatic rings. The van der Waals surface area contributed by atoms with Crippen molar-refractivity contribution in [3.8, 4) is 50.7 Å². The highest BCUT2D eigenvalue weighted by atomic mass is 16.3. The standard InChI is InChI=1S/C35H24N2O/c1-4-14-25(15-5-1)28-20-10-11-21-29(28)34-30-22-12-13-23-31(30)35(38-34)33-32(26-16-6-2-7-17-26)24-36-37(33)27-18-8-3-9-19-27/h1-24H. The zero-order chi connectivity index (χ0) is 25.3. The van der Waals surface area contributed by atoms with E-state index in [4.69, 9.17) is 9.52 Å². The van der Waals surface area contributed by atoms with E-state index in [0.29, 0.717) is 0 Å². The van der Waals surface area contributed by atoms with Crippen molar-refractivity contribution >= 4 is 10.8 Å². The monoisotopic (exact) mass is 488 g/mol. The predicted molar refractivity (Wildman–Crippen MR) is 155 cm³/mol. The second-order valence-corrected chi connectivity index (χ2v) is 9.24. The van der Waals surface area contributed by atoms with E-state index in [1.807, 2.05) is 41.2 Å². The molecule has 0 radical (unpaired) electrons. The number of para-hydroxylation sites is 1. The molecule has 0 unspecified atom stereocenters. The second kappa shape index (κ2) is 9.38. The van der Waals surface area contributed by atoms with Gasteiger partial charge in [-0.1, -0.05) is 127 Å². The number of rotatable bonds is 5. The van der Waals surface area contributed by atoms with Gasteiger partial charge in [-0.2, -0.15) is 5.10 Å². The third-order valence-electron chi connectivity index (χ3n) is 6.95. The number of fused-ring (bicyclic) bond motifs is 1. The zero-order valence-electron chi connectivity index (χ0n) is 20.7. The SMILES string of the molecule is c1ccc(-c2ccccc2-c2oc(-c3c(-c4ccccc4)cnn3-c3ccccc3)c3ccccc23)cc1. The van der Waals surface area contributed by atoms with Crippen LogP contribution in [0.1, 0.15) is 0 Å². The van der Waals surface area contributed by atoms with Gasteiger partial charge in [-0.05, 0) is 28.8 Å². The van der Waals surface area contributed by atoms with Gasteiger partial charge in [0.25, 0.3) is 0 Å². The third kappa shape index (κ3) is 3.73. The Hall–Kier alpha value is -5.15. The molecule has 38 heavy (non-hydrogen) atoms. The fourth-order valence-corrected chi connectivity index (χ4v) is 5.18. The van der Waals surface area contributed by atoms with Crippen molar-refractivity contribution in [3.05, 3.63) is 146 Å². The lowest BCUT2D eigenvalue weighted by atomic mass is 9.96. The highest BCUT2D eigenvalue weighted by Gasteiger charge is 2.24. The Bertz CT molecular complexity index is 1790. The van der Waals surface area contributed by atoms with E-state index in [1.165, 1.54) is 0 Å². The summed E-state index contributed by atoms with van der Waals surface area (Å²) in [4.78, 5) is 0. The Morgan fingerprint density at radius 2 is 0.947 bits per heavy atom. The van der Waals surface area contributed by atoms with Crippen molar-refractivity contribution in [3.63, 3.8) is 0 Å². The van der Waals surface area contributed by atoms with Gasteiger partial charge in [0.15, 0.2) is 5.76 Å². The van der Waals surface area contributed by atoms with E-state index < -0.39 is 0 Å². The first-order valence-electron chi connectivity index (χ1n) is 12.7. The molecular formula is C35H24N2O. The van der Waals surface area contributed by atoms with Crippen LogP contribution in [-0.4, -0.2) is 9.78 Å². The molecule has 0 amide bonds.